The molecule has 1 amide bonds. The van der Waals surface area contributed by atoms with Gasteiger partial charge in [0.1, 0.15) is 5.75 Å². The lowest BCUT2D eigenvalue weighted by atomic mass is 9.98. The predicted octanol–water partition coefficient (Wildman–Crippen LogP) is 7.38. The van der Waals surface area contributed by atoms with Crippen LogP contribution >= 0.6 is 23.2 Å². The van der Waals surface area contributed by atoms with Crippen molar-refractivity contribution in [1.82, 2.24) is 24.2 Å². The number of rotatable bonds is 7. The second-order valence-corrected chi connectivity index (χ2v) is 11.9. The molecule has 2 atom stereocenters. The summed E-state index contributed by atoms with van der Waals surface area (Å²) in [6, 6.07) is 18.3. The Balaban J connectivity index is 1.38. The Morgan fingerprint density at radius 2 is 1.72 bits per heavy atom. The molecule has 3 aromatic carbocycles. The van der Waals surface area contributed by atoms with Crippen molar-refractivity contribution in [1.29, 1.82) is 0 Å². The molecule has 6 rings (SSSR count). The number of halogens is 5. The van der Waals surface area contributed by atoms with E-state index in [-0.39, 0.29) is 47.2 Å². The molecular weight excluding hydrogens is 656 g/mol. The first-order valence-electron chi connectivity index (χ1n) is 14.5. The number of aromatic nitrogens is 4. The molecule has 47 heavy (non-hydrogen) atoms. The molecule has 0 aliphatic carbocycles. The Morgan fingerprint density at radius 3 is 2.36 bits per heavy atom. The van der Waals surface area contributed by atoms with Crippen molar-refractivity contribution in [3.05, 3.63) is 128 Å². The minimum Gasteiger partial charge on any atom is -0.406 e. The summed E-state index contributed by atoms with van der Waals surface area (Å²) in [5.41, 5.74) is 2.88. The van der Waals surface area contributed by atoms with Crippen LogP contribution in [0.5, 0.6) is 5.75 Å². The molecule has 3 heterocycles. The summed E-state index contributed by atoms with van der Waals surface area (Å²) in [7, 11) is 0. The summed E-state index contributed by atoms with van der Waals surface area (Å²) in [6.45, 7) is 3.72. The van der Waals surface area contributed by atoms with Gasteiger partial charge >= 0.3 is 6.36 Å². The van der Waals surface area contributed by atoms with Crippen LogP contribution in [-0.4, -0.2) is 42.5 Å². The lowest BCUT2D eigenvalue weighted by Gasteiger charge is -2.35. The quantitative estimate of drug-likeness (QED) is 0.193. The Bertz CT molecular complexity index is 1980. The van der Waals surface area contributed by atoms with E-state index in [9.17, 15) is 22.8 Å². The molecule has 1 aliphatic heterocycles. The summed E-state index contributed by atoms with van der Waals surface area (Å²) in [5, 5.41) is 8.09. The van der Waals surface area contributed by atoms with Crippen molar-refractivity contribution in [2.45, 2.75) is 45.3 Å². The topological polar surface area (TPSA) is 94.3 Å². The highest BCUT2D eigenvalue weighted by molar-refractivity contribution is 6.42. The van der Waals surface area contributed by atoms with Gasteiger partial charge in [-0.15, -0.1) is 13.2 Å². The zero-order valence-corrected chi connectivity index (χ0v) is 26.5. The third-order valence-corrected chi connectivity index (χ3v) is 8.62. The number of alkyl halides is 3. The summed E-state index contributed by atoms with van der Waals surface area (Å²) in [5.74, 6) is -0.443. The number of hydrogen-bond donors (Lipinski definition) is 1. The Labute approximate surface area is 277 Å². The highest BCUT2D eigenvalue weighted by Crippen LogP contribution is 2.30. The molecule has 14 heteroatoms. The third kappa shape index (κ3) is 6.84. The van der Waals surface area contributed by atoms with Gasteiger partial charge in [0.15, 0.2) is 0 Å². The Kier molecular flexibility index (Phi) is 8.73. The molecule has 2 aromatic heterocycles. The molecule has 0 spiro atoms. The van der Waals surface area contributed by atoms with E-state index in [1.165, 1.54) is 34.9 Å². The van der Waals surface area contributed by atoms with Gasteiger partial charge in [-0.25, -0.2) is 14.2 Å². The number of hydrogen-bond acceptors (Lipinski definition) is 6. The number of fused-ring (bicyclic) bond motifs is 1. The van der Waals surface area contributed by atoms with Crippen LogP contribution in [0.25, 0.3) is 11.4 Å². The van der Waals surface area contributed by atoms with Gasteiger partial charge in [0, 0.05) is 29.6 Å². The third-order valence-electron chi connectivity index (χ3n) is 7.88. The van der Waals surface area contributed by atoms with Gasteiger partial charge in [-0.2, -0.15) is 5.10 Å². The largest absolute Gasteiger partial charge is 0.573 e. The molecule has 0 saturated carbocycles. The molecule has 1 aliphatic rings. The Hall–Kier alpha value is -4.81. The summed E-state index contributed by atoms with van der Waals surface area (Å²) in [4.78, 5) is 34.3. The molecule has 242 valence electrons. The van der Waals surface area contributed by atoms with Crippen LogP contribution in [0, 0.1) is 0 Å². The maximum Gasteiger partial charge on any atom is 0.573 e. The molecule has 0 unspecified atom stereocenters. The van der Waals surface area contributed by atoms with Gasteiger partial charge in [-0.1, -0.05) is 35.3 Å². The van der Waals surface area contributed by atoms with Crippen LogP contribution in [-0.2, 0) is 13.0 Å². The molecule has 0 bridgehead atoms. The van der Waals surface area contributed by atoms with E-state index in [0.717, 1.165) is 5.69 Å². The first kappa shape index (κ1) is 32.1. The molecule has 1 N–H and O–H groups in total. The van der Waals surface area contributed by atoms with Crippen molar-refractivity contribution in [3.8, 4) is 17.1 Å². The zero-order valence-electron chi connectivity index (χ0n) is 25.0. The fraction of sp³-hybridized carbons (Fsp3) is 0.212. The smallest absolute Gasteiger partial charge is 0.406 e. The van der Waals surface area contributed by atoms with Crippen molar-refractivity contribution >= 4 is 35.1 Å². The molecule has 0 radical (unpaired) electrons. The van der Waals surface area contributed by atoms with E-state index in [0.29, 0.717) is 33.1 Å². The minimum atomic E-state index is -4.81. The first-order chi connectivity index (χ1) is 22.4. The summed E-state index contributed by atoms with van der Waals surface area (Å²) < 4.78 is 45.2. The maximum atomic E-state index is 14.2. The van der Waals surface area contributed by atoms with Gasteiger partial charge in [0.05, 0.1) is 39.7 Å². The number of carbonyl (C=O) groups is 1. The van der Waals surface area contributed by atoms with Gasteiger partial charge < -0.3 is 15.0 Å². The van der Waals surface area contributed by atoms with E-state index in [1.54, 1.807) is 59.2 Å². The van der Waals surface area contributed by atoms with Gasteiger partial charge in [-0.3, -0.25) is 9.59 Å². The number of carbonyl (C=O) groups excluding carboxylic acids is 1. The van der Waals surface area contributed by atoms with Crippen LogP contribution in [0.15, 0.2) is 90.0 Å². The standard InChI is InChI=1S/C33H27Cl2F3N6O3/c1-19-16-26-29(18-42(19)30(45)22-6-13-27(34)28(35)17-22)41-32(40-20(2)21-4-11-25(12-5-21)47-33(36,37)38)44(31(26)46)24-9-7-23(8-10-24)43-15-3-14-39-43/h3-15,17,19-20H,16,18H2,1-2H3,(H,40,41)/t19-,20-/m1/s1. The average molecular weight is 684 g/mol. The number of nitrogens with zero attached hydrogens (tertiary/aromatic N) is 5. The highest BCUT2D eigenvalue weighted by Gasteiger charge is 2.33. The van der Waals surface area contributed by atoms with Crippen LogP contribution in [0.2, 0.25) is 10.0 Å². The predicted molar refractivity (Wildman–Crippen MR) is 172 cm³/mol. The second kappa shape index (κ2) is 12.8. The van der Waals surface area contributed by atoms with Crippen LogP contribution < -0.4 is 15.6 Å². The van der Waals surface area contributed by atoms with Crippen molar-refractivity contribution < 1.29 is 22.7 Å². The van der Waals surface area contributed by atoms with Crippen molar-refractivity contribution in [2.75, 3.05) is 5.32 Å². The average Bonchev–Trinajstić information content (AvgIpc) is 3.57. The Morgan fingerprint density at radius 1 is 1.02 bits per heavy atom. The van der Waals surface area contributed by atoms with E-state index >= 15 is 0 Å². The van der Waals surface area contributed by atoms with E-state index in [2.05, 4.69) is 15.2 Å². The number of ether oxygens (including phenoxy) is 1. The van der Waals surface area contributed by atoms with E-state index < -0.39 is 12.4 Å². The number of nitrogens with one attached hydrogen (secondary N) is 1. The number of anilines is 1. The molecule has 0 saturated heterocycles. The first-order valence-corrected chi connectivity index (χ1v) is 15.3. The van der Waals surface area contributed by atoms with Crippen molar-refractivity contribution in [2.24, 2.45) is 0 Å². The van der Waals surface area contributed by atoms with Gasteiger partial charge in [0.25, 0.3) is 11.5 Å². The lowest BCUT2D eigenvalue weighted by Crippen LogP contribution is -2.46. The normalized spacial score (nSPS) is 15.2. The van der Waals surface area contributed by atoms with E-state index in [4.69, 9.17) is 28.2 Å². The number of benzene rings is 3. The van der Waals surface area contributed by atoms with Gasteiger partial charge in [-0.05, 0) is 86.5 Å². The monoisotopic (exact) mass is 682 g/mol. The molecular formula is C33H27Cl2F3N6O3. The van der Waals surface area contributed by atoms with Crippen molar-refractivity contribution in [3.63, 3.8) is 0 Å². The summed E-state index contributed by atoms with van der Waals surface area (Å²) >= 11 is 12.2. The minimum absolute atomic E-state index is 0.0659. The lowest BCUT2D eigenvalue weighted by molar-refractivity contribution is -0.274. The summed E-state index contributed by atoms with van der Waals surface area (Å²) in [6.07, 6.45) is -1.09. The van der Waals surface area contributed by atoms with Gasteiger partial charge in [0.2, 0.25) is 5.95 Å². The second-order valence-electron chi connectivity index (χ2n) is 11.1. The highest BCUT2D eigenvalue weighted by atomic mass is 35.5. The van der Waals surface area contributed by atoms with Crippen LogP contribution in [0.4, 0.5) is 19.1 Å². The molecule has 5 aromatic rings. The zero-order chi connectivity index (χ0) is 33.5. The SMILES string of the molecule is C[C@@H]1Cc2c(nc(N[C@H](C)c3ccc(OC(F)(F)F)cc3)n(-c3ccc(-n4cccn4)cc3)c2=O)CN1C(=O)c1ccc(Cl)c(Cl)c1. The molecule has 0 fully saturated rings. The van der Waals surface area contributed by atoms with E-state index in [1.807, 2.05) is 19.1 Å². The molecule has 9 nitrogen and oxygen atoms in total. The fourth-order valence-corrected chi connectivity index (χ4v) is 5.77. The maximum absolute atomic E-state index is 14.2. The van der Waals surface area contributed by atoms with Crippen LogP contribution in [0.1, 0.15) is 47.1 Å². The fourth-order valence-electron chi connectivity index (χ4n) is 5.47. The number of amides is 1. The van der Waals surface area contributed by atoms with Crippen LogP contribution in [0.3, 0.4) is 0 Å².